The molecule has 162 valence electrons. The van der Waals surface area contributed by atoms with Crippen LogP contribution in [0.25, 0.3) is 10.8 Å². The summed E-state index contributed by atoms with van der Waals surface area (Å²) in [6.07, 6.45) is 5.94. The normalized spacial score (nSPS) is 23.3. The number of aromatic nitrogens is 3. The van der Waals surface area contributed by atoms with Gasteiger partial charge in [0.15, 0.2) is 5.82 Å². The van der Waals surface area contributed by atoms with Gasteiger partial charge in [0.25, 0.3) is 0 Å². The maximum atomic E-state index is 12.5. The van der Waals surface area contributed by atoms with Gasteiger partial charge in [-0.1, -0.05) is 60.6 Å². The van der Waals surface area contributed by atoms with E-state index < -0.39 is 0 Å². The Morgan fingerprint density at radius 1 is 1.19 bits per heavy atom. The van der Waals surface area contributed by atoms with Crippen molar-refractivity contribution in [1.82, 2.24) is 20.2 Å². The summed E-state index contributed by atoms with van der Waals surface area (Å²) in [5, 5.41) is 14.7. The molecule has 0 spiro atoms. The van der Waals surface area contributed by atoms with Crippen LogP contribution in [0.3, 0.4) is 0 Å². The van der Waals surface area contributed by atoms with E-state index in [0.29, 0.717) is 29.1 Å². The molecule has 0 aliphatic heterocycles. The van der Waals surface area contributed by atoms with Gasteiger partial charge in [0.05, 0.1) is 5.75 Å². The van der Waals surface area contributed by atoms with Crippen molar-refractivity contribution in [3.8, 4) is 0 Å². The van der Waals surface area contributed by atoms with Crippen LogP contribution in [0.15, 0.2) is 47.6 Å². The molecule has 1 heterocycles. The molecule has 2 aliphatic carbocycles. The second kappa shape index (κ2) is 8.54. The Morgan fingerprint density at radius 2 is 2.03 bits per heavy atom. The van der Waals surface area contributed by atoms with Crippen LogP contribution in [0.4, 0.5) is 0 Å². The van der Waals surface area contributed by atoms with E-state index in [-0.39, 0.29) is 11.9 Å². The average molecular weight is 436 g/mol. The summed E-state index contributed by atoms with van der Waals surface area (Å²) in [7, 11) is 0. The SMILES string of the molecule is C[C@@H](NC(=O)CSc1nnc(Cc2cccc3ccccc23)n1N)[C@@H]1C[C@@H]2CC[C@@H]1C2. The highest BCUT2D eigenvalue weighted by Gasteiger charge is 2.42. The molecule has 3 N–H and O–H groups in total. The van der Waals surface area contributed by atoms with Crippen molar-refractivity contribution in [2.24, 2.45) is 17.8 Å². The van der Waals surface area contributed by atoms with Crippen molar-refractivity contribution in [3.05, 3.63) is 53.9 Å². The minimum atomic E-state index is 0.0406. The van der Waals surface area contributed by atoms with E-state index in [1.54, 1.807) is 0 Å². The summed E-state index contributed by atoms with van der Waals surface area (Å²) >= 11 is 1.34. The van der Waals surface area contributed by atoms with Crippen LogP contribution >= 0.6 is 11.8 Å². The van der Waals surface area contributed by atoms with Gasteiger partial charge < -0.3 is 11.2 Å². The molecule has 0 saturated heterocycles. The molecule has 2 aliphatic rings. The molecule has 1 aromatic heterocycles. The second-order valence-corrected chi connectivity index (χ2v) is 10.0. The molecule has 2 bridgehead atoms. The molecule has 6 nitrogen and oxygen atoms in total. The quantitative estimate of drug-likeness (QED) is 0.436. The largest absolute Gasteiger partial charge is 0.353 e. The molecule has 4 atom stereocenters. The van der Waals surface area contributed by atoms with Gasteiger partial charge in [0.2, 0.25) is 11.1 Å². The average Bonchev–Trinajstić information content (AvgIpc) is 3.50. The van der Waals surface area contributed by atoms with E-state index in [2.05, 4.69) is 46.7 Å². The lowest BCUT2D eigenvalue weighted by Crippen LogP contribution is -2.41. The van der Waals surface area contributed by atoms with Gasteiger partial charge in [-0.15, -0.1) is 10.2 Å². The van der Waals surface area contributed by atoms with Crippen LogP contribution in [0.5, 0.6) is 0 Å². The first kappa shape index (κ1) is 20.4. The number of amides is 1. The fourth-order valence-corrected chi connectivity index (χ4v) is 6.27. The minimum absolute atomic E-state index is 0.0406. The van der Waals surface area contributed by atoms with Gasteiger partial charge in [-0.25, -0.2) is 4.68 Å². The summed E-state index contributed by atoms with van der Waals surface area (Å²) in [6.45, 7) is 2.15. The standard InChI is InChI=1S/C24H29N5OS/c1-15(21-12-16-9-10-19(21)11-16)26-23(30)14-31-24-28-27-22(29(24)25)13-18-7-4-6-17-5-2-3-8-20(17)18/h2-8,15-16,19,21H,9-14,25H2,1H3,(H,26,30)/t15-,16-,19-,21+/m1/s1. The van der Waals surface area contributed by atoms with E-state index >= 15 is 0 Å². The Bertz CT molecular complexity index is 1090. The fraction of sp³-hybridized carbons (Fsp3) is 0.458. The van der Waals surface area contributed by atoms with Crippen LogP contribution in [-0.2, 0) is 11.2 Å². The van der Waals surface area contributed by atoms with Crippen LogP contribution in [-0.4, -0.2) is 32.6 Å². The summed E-state index contributed by atoms with van der Waals surface area (Å²) in [4.78, 5) is 12.5. The molecule has 2 saturated carbocycles. The fourth-order valence-electron chi connectivity index (χ4n) is 5.58. The third-order valence-corrected chi connectivity index (χ3v) is 8.06. The lowest BCUT2D eigenvalue weighted by Gasteiger charge is -2.28. The minimum Gasteiger partial charge on any atom is -0.353 e. The van der Waals surface area contributed by atoms with Gasteiger partial charge in [0.1, 0.15) is 0 Å². The number of hydrogen-bond acceptors (Lipinski definition) is 5. The van der Waals surface area contributed by atoms with Crippen molar-refractivity contribution in [2.45, 2.75) is 50.2 Å². The molecule has 2 aromatic carbocycles. The number of nitrogen functional groups attached to an aromatic ring is 1. The number of nitrogens with zero attached hydrogens (tertiary/aromatic N) is 3. The van der Waals surface area contributed by atoms with E-state index in [1.165, 1.54) is 52.9 Å². The van der Waals surface area contributed by atoms with Crippen molar-refractivity contribution in [1.29, 1.82) is 0 Å². The summed E-state index contributed by atoms with van der Waals surface area (Å²) in [6, 6.07) is 14.8. The first-order valence-electron chi connectivity index (χ1n) is 11.2. The Hall–Kier alpha value is -2.54. The van der Waals surface area contributed by atoms with Crippen LogP contribution < -0.4 is 11.2 Å². The van der Waals surface area contributed by atoms with Gasteiger partial charge in [0, 0.05) is 12.5 Å². The van der Waals surface area contributed by atoms with E-state index in [1.807, 2.05) is 18.2 Å². The topological polar surface area (TPSA) is 85.8 Å². The number of nitrogens with one attached hydrogen (secondary N) is 1. The number of benzene rings is 2. The zero-order valence-corrected chi connectivity index (χ0v) is 18.6. The molecule has 5 rings (SSSR count). The highest BCUT2D eigenvalue weighted by Crippen LogP contribution is 2.49. The molecular formula is C24H29N5OS. The zero-order valence-electron chi connectivity index (χ0n) is 17.8. The predicted molar refractivity (Wildman–Crippen MR) is 124 cm³/mol. The van der Waals surface area contributed by atoms with Crippen molar-refractivity contribution in [2.75, 3.05) is 11.6 Å². The monoisotopic (exact) mass is 435 g/mol. The van der Waals surface area contributed by atoms with E-state index in [9.17, 15) is 4.79 Å². The number of rotatable bonds is 7. The summed E-state index contributed by atoms with van der Waals surface area (Å²) < 4.78 is 1.51. The number of carbonyl (C=O) groups is 1. The highest BCUT2D eigenvalue weighted by molar-refractivity contribution is 7.99. The van der Waals surface area contributed by atoms with Gasteiger partial charge in [-0.2, -0.15) is 0 Å². The number of fused-ring (bicyclic) bond motifs is 3. The summed E-state index contributed by atoms with van der Waals surface area (Å²) in [5.74, 6) is 9.62. The molecule has 0 radical (unpaired) electrons. The molecule has 2 fully saturated rings. The van der Waals surface area contributed by atoms with Gasteiger partial charge in [-0.05, 0) is 60.3 Å². The van der Waals surface area contributed by atoms with Crippen LogP contribution in [0, 0.1) is 17.8 Å². The Labute approximate surface area is 187 Å². The van der Waals surface area contributed by atoms with Crippen molar-refractivity contribution < 1.29 is 4.79 Å². The molecule has 3 aromatic rings. The number of nitrogens with two attached hydrogens (primary N) is 1. The van der Waals surface area contributed by atoms with E-state index in [0.717, 1.165) is 17.4 Å². The Kier molecular flexibility index (Phi) is 5.61. The number of hydrogen-bond donors (Lipinski definition) is 2. The van der Waals surface area contributed by atoms with Crippen molar-refractivity contribution >= 4 is 28.4 Å². The lowest BCUT2D eigenvalue weighted by atomic mass is 9.84. The third kappa shape index (κ3) is 4.15. The van der Waals surface area contributed by atoms with E-state index in [4.69, 9.17) is 5.84 Å². The smallest absolute Gasteiger partial charge is 0.230 e. The summed E-state index contributed by atoms with van der Waals surface area (Å²) in [5.41, 5.74) is 1.16. The molecule has 31 heavy (non-hydrogen) atoms. The first-order chi connectivity index (χ1) is 15.1. The number of carbonyl (C=O) groups excluding carboxylic acids is 1. The van der Waals surface area contributed by atoms with Gasteiger partial charge >= 0.3 is 0 Å². The Balaban J connectivity index is 1.19. The highest BCUT2D eigenvalue weighted by atomic mass is 32.2. The maximum Gasteiger partial charge on any atom is 0.230 e. The molecule has 0 unspecified atom stereocenters. The lowest BCUT2D eigenvalue weighted by molar-refractivity contribution is -0.119. The Morgan fingerprint density at radius 3 is 2.84 bits per heavy atom. The van der Waals surface area contributed by atoms with Crippen LogP contribution in [0.1, 0.15) is 44.0 Å². The maximum absolute atomic E-state index is 12.5. The second-order valence-electron chi connectivity index (χ2n) is 9.07. The van der Waals surface area contributed by atoms with Gasteiger partial charge in [-0.3, -0.25) is 4.79 Å². The predicted octanol–water partition coefficient (Wildman–Crippen LogP) is 3.77. The third-order valence-electron chi connectivity index (χ3n) is 7.12. The zero-order chi connectivity index (χ0) is 21.4. The molecule has 7 heteroatoms. The number of thioether (sulfide) groups is 1. The molecule has 1 amide bonds. The molecular weight excluding hydrogens is 406 g/mol. The van der Waals surface area contributed by atoms with Crippen molar-refractivity contribution in [3.63, 3.8) is 0 Å². The van der Waals surface area contributed by atoms with Crippen LogP contribution in [0.2, 0.25) is 0 Å². The first-order valence-corrected chi connectivity index (χ1v) is 12.1.